The summed E-state index contributed by atoms with van der Waals surface area (Å²) in [5.74, 6) is 0.589. The van der Waals surface area contributed by atoms with Crippen molar-refractivity contribution in [1.29, 1.82) is 0 Å². The molecule has 2 amide bonds. The van der Waals surface area contributed by atoms with E-state index < -0.39 is 21.6 Å². The van der Waals surface area contributed by atoms with Crippen LogP contribution in [0.5, 0.6) is 0 Å². The van der Waals surface area contributed by atoms with Gasteiger partial charge in [0, 0.05) is 28.7 Å². The highest BCUT2D eigenvalue weighted by Gasteiger charge is 2.60. The van der Waals surface area contributed by atoms with Crippen LogP contribution in [0.4, 0.5) is 4.79 Å². The van der Waals surface area contributed by atoms with Gasteiger partial charge in [0.2, 0.25) is 0 Å². The summed E-state index contributed by atoms with van der Waals surface area (Å²) in [7, 11) is -4.05. The van der Waals surface area contributed by atoms with E-state index in [1.807, 2.05) is 47.2 Å². The van der Waals surface area contributed by atoms with Crippen molar-refractivity contribution in [2.45, 2.75) is 29.7 Å². The van der Waals surface area contributed by atoms with Crippen molar-refractivity contribution in [2.24, 2.45) is 0 Å². The van der Waals surface area contributed by atoms with Crippen LogP contribution in [-0.2, 0) is 15.6 Å². The molecule has 37 heavy (non-hydrogen) atoms. The number of nitrogens with one attached hydrogen (secondary N) is 2. The van der Waals surface area contributed by atoms with E-state index in [4.69, 9.17) is 0 Å². The Morgan fingerprint density at radius 3 is 2.65 bits per heavy atom. The molecule has 1 saturated carbocycles. The van der Waals surface area contributed by atoms with Crippen molar-refractivity contribution in [3.63, 3.8) is 0 Å². The van der Waals surface area contributed by atoms with E-state index in [9.17, 15) is 13.2 Å². The maximum Gasteiger partial charge on any atom is 0.329 e. The quantitative estimate of drug-likeness (QED) is 0.306. The van der Waals surface area contributed by atoms with Crippen molar-refractivity contribution in [2.75, 3.05) is 0 Å². The summed E-state index contributed by atoms with van der Waals surface area (Å²) >= 11 is 1.68. The predicted octanol–water partition coefficient (Wildman–Crippen LogP) is 5.47. The molecule has 0 radical (unpaired) electrons. The highest BCUT2D eigenvalue weighted by molar-refractivity contribution is 7.90. The van der Waals surface area contributed by atoms with Gasteiger partial charge >= 0.3 is 6.03 Å². The number of hydrogen-bond donors (Lipinski definition) is 2. The normalized spacial score (nSPS) is 19.0. The van der Waals surface area contributed by atoms with E-state index in [-0.39, 0.29) is 10.8 Å². The zero-order valence-corrected chi connectivity index (χ0v) is 21.6. The first kappa shape index (κ1) is 23.4. The van der Waals surface area contributed by atoms with Gasteiger partial charge in [0.15, 0.2) is 0 Å². The molecule has 0 spiro atoms. The van der Waals surface area contributed by atoms with Crippen LogP contribution in [0, 0.1) is 6.92 Å². The van der Waals surface area contributed by atoms with Crippen LogP contribution in [0.2, 0.25) is 0 Å². The number of imidazole rings is 1. The fourth-order valence-corrected chi connectivity index (χ4v) is 6.93. The highest BCUT2D eigenvalue weighted by atomic mass is 32.2. The van der Waals surface area contributed by atoms with E-state index >= 15 is 0 Å². The summed E-state index contributed by atoms with van der Waals surface area (Å²) in [6.07, 6.45) is 4.17. The fraction of sp³-hybridized carbons (Fsp3) is 0.143. The summed E-state index contributed by atoms with van der Waals surface area (Å²) < 4.78 is 31.4. The van der Waals surface area contributed by atoms with E-state index in [0.717, 1.165) is 16.6 Å². The topological polar surface area (TPSA) is 93.1 Å². The Labute approximate surface area is 218 Å². The van der Waals surface area contributed by atoms with Gasteiger partial charge in [-0.25, -0.2) is 22.9 Å². The highest BCUT2D eigenvalue weighted by Crippen LogP contribution is 2.58. The van der Waals surface area contributed by atoms with Gasteiger partial charge in [-0.2, -0.15) is 0 Å². The third-order valence-corrected chi connectivity index (χ3v) is 9.25. The first-order valence-electron chi connectivity index (χ1n) is 11.8. The number of nitrogens with zero attached hydrogens (tertiary/aromatic N) is 2. The smallest absolute Gasteiger partial charge is 0.324 e. The summed E-state index contributed by atoms with van der Waals surface area (Å²) in [5, 5.41) is 6.18. The van der Waals surface area contributed by atoms with Gasteiger partial charge in [-0.3, -0.25) is 0 Å². The molecule has 1 aliphatic carbocycles. The number of rotatable bonds is 6. The van der Waals surface area contributed by atoms with Gasteiger partial charge in [0.05, 0.1) is 4.90 Å². The summed E-state index contributed by atoms with van der Waals surface area (Å²) in [6.45, 7) is 1.70. The minimum Gasteiger partial charge on any atom is -0.324 e. The Morgan fingerprint density at radius 2 is 1.84 bits per heavy atom. The number of aromatic nitrogens is 2. The third kappa shape index (κ3) is 4.20. The minimum absolute atomic E-state index is 0.0633. The summed E-state index contributed by atoms with van der Waals surface area (Å²) in [5.41, 5.74) is 1.66. The van der Waals surface area contributed by atoms with Crippen molar-refractivity contribution < 1.29 is 13.2 Å². The van der Waals surface area contributed by atoms with Gasteiger partial charge in [0.25, 0.3) is 10.0 Å². The van der Waals surface area contributed by atoms with Gasteiger partial charge in [-0.05, 0) is 65.6 Å². The molecule has 2 aromatic heterocycles. The second-order valence-corrected chi connectivity index (χ2v) is 11.8. The van der Waals surface area contributed by atoms with Crippen molar-refractivity contribution in [1.82, 2.24) is 19.6 Å². The van der Waals surface area contributed by atoms with Crippen molar-refractivity contribution >= 4 is 37.5 Å². The molecular formula is C28H24N4O3S2. The van der Waals surface area contributed by atoms with Crippen LogP contribution < -0.4 is 10.0 Å². The molecule has 7 nitrogen and oxygen atoms in total. The van der Waals surface area contributed by atoms with Crippen LogP contribution >= 0.6 is 11.3 Å². The van der Waals surface area contributed by atoms with Gasteiger partial charge in [0.1, 0.15) is 11.4 Å². The molecule has 1 unspecified atom stereocenters. The molecule has 186 valence electrons. The Hall–Kier alpha value is -3.95. The first-order valence-corrected chi connectivity index (χ1v) is 14.2. The number of carbonyl (C=O) groups excluding carboxylic acids is 1. The van der Waals surface area contributed by atoms with Crippen LogP contribution in [-0.4, -0.2) is 24.0 Å². The van der Waals surface area contributed by atoms with Crippen LogP contribution in [0.25, 0.3) is 15.8 Å². The van der Waals surface area contributed by atoms with E-state index in [0.29, 0.717) is 17.8 Å². The van der Waals surface area contributed by atoms with E-state index in [1.165, 1.54) is 10.8 Å². The van der Waals surface area contributed by atoms with Crippen molar-refractivity contribution in [3.8, 4) is 5.69 Å². The number of benzene rings is 3. The average Bonchev–Trinajstić information content (AvgIpc) is 3.23. The maximum absolute atomic E-state index is 13.2. The number of urea groups is 1. The number of sulfonamides is 1. The van der Waals surface area contributed by atoms with Gasteiger partial charge in [-0.1, -0.05) is 48.5 Å². The maximum atomic E-state index is 13.2. The molecule has 9 heteroatoms. The molecule has 0 saturated heterocycles. The number of hydrogen-bond acceptors (Lipinski definition) is 5. The lowest BCUT2D eigenvalue weighted by Gasteiger charge is -2.22. The number of carbonyl (C=O) groups is 1. The largest absolute Gasteiger partial charge is 0.329 e. The van der Waals surface area contributed by atoms with Crippen molar-refractivity contribution in [3.05, 3.63) is 114 Å². The number of fused-ring (bicyclic) bond motifs is 1. The lowest BCUT2D eigenvalue weighted by molar-refractivity contribution is 0.239. The van der Waals surface area contributed by atoms with Gasteiger partial charge < -0.3 is 9.88 Å². The first-order chi connectivity index (χ1) is 17.9. The molecule has 5 aromatic rings. The fourth-order valence-electron chi connectivity index (χ4n) is 5.00. The standard InChI is InChI=1S/C28H24N4O3S2/c1-19-7-5-6-10-25(19)37(34,35)31-27(33)30-28(18-23(28)20-8-3-2-4-9-20)26-29-14-15-32(26)22-11-12-24-21(17-22)13-16-36-24/h2-17,23H,18H2,1H3,(H2,30,31,33)/t23-,28?/m1/s1. The second-order valence-electron chi connectivity index (χ2n) is 9.23. The Kier molecular flexibility index (Phi) is 5.62. The SMILES string of the molecule is Cc1ccccc1S(=O)(=O)NC(=O)NC1(c2nccn2-c2ccc3sccc3c2)C[C@@H]1c1ccccc1. The molecule has 0 aliphatic heterocycles. The van der Waals surface area contributed by atoms with E-state index in [1.54, 1.807) is 42.7 Å². The zero-order valence-electron chi connectivity index (χ0n) is 20.0. The third-order valence-electron chi connectivity index (χ3n) is 6.86. The molecule has 2 atom stereocenters. The average molecular weight is 529 g/mol. The molecular weight excluding hydrogens is 504 g/mol. The second kappa shape index (κ2) is 8.86. The molecule has 2 heterocycles. The number of thiophene rings is 1. The molecule has 1 aliphatic rings. The number of amides is 2. The van der Waals surface area contributed by atoms with Crippen LogP contribution in [0.1, 0.15) is 29.3 Å². The molecule has 3 aromatic carbocycles. The molecule has 6 rings (SSSR count). The Morgan fingerprint density at radius 1 is 1.05 bits per heavy atom. The Balaban J connectivity index is 1.37. The number of aryl methyl sites for hydroxylation is 1. The van der Waals surface area contributed by atoms with Crippen LogP contribution in [0.3, 0.4) is 0 Å². The summed E-state index contributed by atoms with van der Waals surface area (Å²) in [4.78, 5) is 18.0. The molecule has 2 N–H and O–H groups in total. The summed E-state index contributed by atoms with van der Waals surface area (Å²) in [6, 6.07) is 23.9. The van der Waals surface area contributed by atoms with Gasteiger partial charge in [-0.15, -0.1) is 11.3 Å². The monoisotopic (exact) mass is 528 g/mol. The lowest BCUT2D eigenvalue weighted by Crippen LogP contribution is -2.46. The predicted molar refractivity (Wildman–Crippen MR) is 144 cm³/mol. The molecule has 1 fully saturated rings. The van der Waals surface area contributed by atoms with E-state index in [2.05, 4.69) is 38.6 Å². The zero-order chi connectivity index (χ0) is 25.6. The Bertz CT molecular complexity index is 1730. The van der Waals surface area contributed by atoms with Crippen LogP contribution in [0.15, 0.2) is 102 Å². The lowest BCUT2D eigenvalue weighted by atomic mass is 10.1. The molecule has 0 bridgehead atoms. The minimum atomic E-state index is -4.05.